The van der Waals surface area contributed by atoms with Gasteiger partial charge in [-0.05, 0) is 76.4 Å². The van der Waals surface area contributed by atoms with Crippen LogP contribution in [0.15, 0.2) is 36.1 Å². The first-order valence-corrected chi connectivity index (χ1v) is 9.67. The van der Waals surface area contributed by atoms with Crippen LogP contribution < -0.4 is 5.73 Å². The van der Waals surface area contributed by atoms with Gasteiger partial charge in [-0.2, -0.15) is 0 Å². The van der Waals surface area contributed by atoms with Crippen LogP contribution in [0, 0.1) is 17.8 Å². The monoisotopic (exact) mass is 326 g/mol. The van der Waals surface area contributed by atoms with E-state index in [4.69, 9.17) is 5.73 Å². The van der Waals surface area contributed by atoms with Crippen LogP contribution in [0.5, 0.6) is 0 Å². The summed E-state index contributed by atoms with van der Waals surface area (Å²) in [5.74, 6) is 6.64. The Bertz CT molecular complexity index is 518. The lowest BCUT2D eigenvalue weighted by Gasteiger charge is -2.36. The third kappa shape index (κ3) is 6.21. The molecule has 2 N–H and O–H groups in total. The van der Waals surface area contributed by atoms with Crippen LogP contribution in [0.3, 0.4) is 0 Å². The van der Waals surface area contributed by atoms with Crippen molar-refractivity contribution in [1.29, 1.82) is 0 Å². The maximum Gasteiger partial charge on any atom is 0.0325 e. The van der Waals surface area contributed by atoms with Gasteiger partial charge in [0.1, 0.15) is 0 Å². The first-order chi connectivity index (χ1) is 11.7. The van der Waals surface area contributed by atoms with Crippen LogP contribution in [0.2, 0.25) is 0 Å². The molecule has 0 aromatic heterocycles. The summed E-state index contributed by atoms with van der Waals surface area (Å²) < 4.78 is 0. The van der Waals surface area contributed by atoms with E-state index in [2.05, 4.69) is 48.0 Å². The SMILES string of the molecule is CC#C/C=C\CCCN(C1=CCCC=C1)C1CCC(N)CC(C)C1. The van der Waals surface area contributed by atoms with E-state index in [0.717, 1.165) is 25.3 Å². The lowest BCUT2D eigenvalue weighted by Crippen LogP contribution is -2.36. The molecule has 2 heteroatoms. The predicted octanol–water partition coefficient (Wildman–Crippen LogP) is 4.79. The lowest BCUT2D eigenvalue weighted by molar-refractivity contribution is 0.218. The quantitative estimate of drug-likeness (QED) is 0.432. The van der Waals surface area contributed by atoms with Gasteiger partial charge in [-0.15, -0.1) is 5.92 Å². The molecule has 0 aromatic rings. The van der Waals surface area contributed by atoms with Crippen molar-refractivity contribution in [1.82, 2.24) is 4.90 Å². The van der Waals surface area contributed by atoms with Gasteiger partial charge in [0.2, 0.25) is 0 Å². The molecule has 0 heterocycles. The van der Waals surface area contributed by atoms with Crippen molar-refractivity contribution in [2.24, 2.45) is 11.7 Å². The largest absolute Gasteiger partial charge is 0.369 e. The number of allylic oxidation sites excluding steroid dienone is 5. The number of hydrogen-bond acceptors (Lipinski definition) is 2. The lowest BCUT2D eigenvalue weighted by atomic mass is 9.97. The molecular formula is C22H34N2. The molecule has 3 atom stereocenters. The molecule has 3 unspecified atom stereocenters. The fourth-order valence-electron chi connectivity index (χ4n) is 3.94. The molecule has 24 heavy (non-hydrogen) atoms. The molecule has 2 rings (SSSR count). The van der Waals surface area contributed by atoms with Crippen molar-refractivity contribution in [3.05, 3.63) is 36.1 Å². The van der Waals surface area contributed by atoms with E-state index in [0.29, 0.717) is 12.1 Å². The molecule has 0 saturated heterocycles. The molecule has 1 fully saturated rings. The van der Waals surface area contributed by atoms with Gasteiger partial charge in [0.15, 0.2) is 0 Å². The normalized spacial score (nSPS) is 27.3. The minimum atomic E-state index is 0.387. The van der Waals surface area contributed by atoms with Gasteiger partial charge in [0.05, 0.1) is 0 Å². The minimum Gasteiger partial charge on any atom is -0.369 e. The highest BCUT2D eigenvalue weighted by Crippen LogP contribution is 2.29. The average molecular weight is 327 g/mol. The van der Waals surface area contributed by atoms with Crippen LogP contribution in [-0.2, 0) is 0 Å². The van der Waals surface area contributed by atoms with Crippen LogP contribution in [0.25, 0.3) is 0 Å². The van der Waals surface area contributed by atoms with Crippen LogP contribution >= 0.6 is 0 Å². The summed E-state index contributed by atoms with van der Waals surface area (Å²) in [5, 5.41) is 0. The Morgan fingerprint density at radius 2 is 2.17 bits per heavy atom. The number of hydrogen-bond donors (Lipinski definition) is 1. The number of nitrogens with zero attached hydrogens (tertiary/aromatic N) is 1. The molecule has 2 aliphatic carbocycles. The molecular weight excluding hydrogens is 292 g/mol. The van der Waals surface area contributed by atoms with E-state index in [-0.39, 0.29) is 0 Å². The second kappa shape index (κ2) is 10.4. The summed E-state index contributed by atoms with van der Waals surface area (Å²) >= 11 is 0. The molecule has 0 radical (unpaired) electrons. The third-order valence-corrected chi connectivity index (χ3v) is 5.11. The second-order valence-electron chi connectivity index (χ2n) is 7.31. The van der Waals surface area contributed by atoms with Crippen molar-refractivity contribution < 1.29 is 0 Å². The zero-order valence-electron chi connectivity index (χ0n) is 15.5. The summed E-state index contributed by atoms with van der Waals surface area (Å²) in [7, 11) is 0. The summed E-state index contributed by atoms with van der Waals surface area (Å²) in [6.45, 7) is 5.38. The van der Waals surface area contributed by atoms with Crippen molar-refractivity contribution in [2.75, 3.05) is 6.54 Å². The Morgan fingerprint density at radius 1 is 1.29 bits per heavy atom. The first kappa shape index (κ1) is 18.9. The van der Waals surface area contributed by atoms with Gasteiger partial charge in [-0.3, -0.25) is 0 Å². The Morgan fingerprint density at radius 3 is 2.92 bits per heavy atom. The smallest absolute Gasteiger partial charge is 0.0325 e. The van der Waals surface area contributed by atoms with Crippen molar-refractivity contribution in [3.8, 4) is 11.8 Å². The van der Waals surface area contributed by atoms with E-state index >= 15 is 0 Å². The maximum absolute atomic E-state index is 6.27. The number of unbranched alkanes of at least 4 members (excludes halogenated alkanes) is 1. The van der Waals surface area contributed by atoms with Gasteiger partial charge in [-0.25, -0.2) is 0 Å². The van der Waals surface area contributed by atoms with E-state index < -0.39 is 0 Å². The Kier molecular flexibility index (Phi) is 8.19. The summed E-state index contributed by atoms with van der Waals surface area (Å²) in [6.07, 6.45) is 20.8. The zero-order chi connectivity index (χ0) is 17.2. The fraction of sp³-hybridized carbons (Fsp3) is 0.636. The fourth-order valence-corrected chi connectivity index (χ4v) is 3.94. The third-order valence-electron chi connectivity index (χ3n) is 5.11. The molecule has 2 aliphatic rings. The highest BCUT2D eigenvalue weighted by molar-refractivity contribution is 5.22. The zero-order valence-corrected chi connectivity index (χ0v) is 15.5. The Balaban J connectivity index is 2.00. The summed E-state index contributed by atoms with van der Waals surface area (Å²) in [5.41, 5.74) is 7.70. The molecule has 0 amide bonds. The highest BCUT2D eigenvalue weighted by atomic mass is 15.2. The molecule has 132 valence electrons. The van der Waals surface area contributed by atoms with Crippen LogP contribution in [0.4, 0.5) is 0 Å². The van der Waals surface area contributed by atoms with Gasteiger partial charge in [-0.1, -0.05) is 31.1 Å². The van der Waals surface area contributed by atoms with E-state index in [1.165, 1.54) is 44.2 Å². The van der Waals surface area contributed by atoms with Gasteiger partial charge < -0.3 is 10.6 Å². The Hall–Kier alpha value is -1.46. The van der Waals surface area contributed by atoms with Gasteiger partial charge >= 0.3 is 0 Å². The Labute approximate surface area is 148 Å². The van der Waals surface area contributed by atoms with E-state index in [1.807, 2.05) is 13.0 Å². The first-order valence-electron chi connectivity index (χ1n) is 9.67. The topological polar surface area (TPSA) is 29.3 Å². The van der Waals surface area contributed by atoms with Gasteiger partial charge in [0, 0.05) is 24.3 Å². The molecule has 0 bridgehead atoms. The average Bonchev–Trinajstić information content (AvgIpc) is 2.75. The van der Waals surface area contributed by atoms with E-state index in [9.17, 15) is 0 Å². The minimum absolute atomic E-state index is 0.387. The maximum atomic E-state index is 6.27. The standard InChI is InChI=1S/C22H34N2/c1-3-4-5-6-7-11-16-24(21-12-9-8-10-13-21)22-15-14-20(23)17-19(2)18-22/h5-6,9,12-13,19-20,22H,7-8,10-11,14-18,23H2,1-2H3/b6-5-. The van der Waals surface area contributed by atoms with Crippen molar-refractivity contribution in [2.45, 2.75) is 77.3 Å². The van der Waals surface area contributed by atoms with Crippen LogP contribution in [0.1, 0.15) is 65.2 Å². The van der Waals surface area contributed by atoms with Crippen LogP contribution in [-0.4, -0.2) is 23.5 Å². The van der Waals surface area contributed by atoms with E-state index in [1.54, 1.807) is 0 Å². The van der Waals surface area contributed by atoms with Crippen molar-refractivity contribution in [3.63, 3.8) is 0 Å². The number of nitrogens with two attached hydrogens (primary N) is 1. The second-order valence-corrected chi connectivity index (χ2v) is 7.31. The number of rotatable bonds is 6. The van der Waals surface area contributed by atoms with Crippen molar-refractivity contribution >= 4 is 0 Å². The van der Waals surface area contributed by atoms with Gasteiger partial charge in [0.25, 0.3) is 0 Å². The molecule has 2 nitrogen and oxygen atoms in total. The molecule has 0 aromatic carbocycles. The summed E-state index contributed by atoms with van der Waals surface area (Å²) in [4.78, 5) is 2.67. The summed E-state index contributed by atoms with van der Waals surface area (Å²) in [6, 6.07) is 1.03. The molecule has 0 aliphatic heterocycles. The molecule has 0 spiro atoms. The molecule has 1 saturated carbocycles. The predicted molar refractivity (Wildman–Crippen MR) is 104 cm³/mol. The highest BCUT2D eigenvalue weighted by Gasteiger charge is 2.26.